The molecule has 2 atom stereocenters. The van der Waals surface area contributed by atoms with Crippen LogP contribution < -0.4 is 0 Å². The molecule has 0 heterocycles. The third-order valence-corrected chi connectivity index (χ3v) is 4.58. The highest BCUT2D eigenvalue weighted by molar-refractivity contribution is 5.73. The number of ether oxygens (including phenoxy) is 2. The van der Waals surface area contributed by atoms with Crippen molar-refractivity contribution >= 4 is 11.9 Å². The van der Waals surface area contributed by atoms with Gasteiger partial charge in [0.15, 0.2) is 0 Å². The second-order valence-corrected chi connectivity index (χ2v) is 6.98. The van der Waals surface area contributed by atoms with Gasteiger partial charge < -0.3 is 14.6 Å². The molecule has 0 saturated carbocycles. The van der Waals surface area contributed by atoms with Gasteiger partial charge in [0.2, 0.25) is 0 Å². The van der Waals surface area contributed by atoms with Gasteiger partial charge in [0.1, 0.15) is 0 Å². The summed E-state index contributed by atoms with van der Waals surface area (Å²) in [7, 11) is 0. The summed E-state index contributed by atoms with van der Waals surface area (Å²) in [6, 6.07) is 0. The van der Waals surface area contributed by atoms with Gasteiger partial charge in [-0.25, -0.2) is 0 Å². The van der Waals surface area contributed by atoms with E-state index < -0.39 is 12.0 Å². The summed E-state index contributed by atoms with van der Waals surface area (Å²) in [4.78, 5) is 23.6. The van der Waals surface area contributed by atoms with Gasteiger partial charge in [0.25, 0.3) is 0 Å². The Labute approximate surface area is 159 Å². The fraction of sp³-hybridized carbons (Fsp3) is 0.905. The van der Waals surface area contributed by atoms with Gasteiger partial charge in [0.05, 0.1) is 25.2 Å². The summed E-state index contributed by atoms with van der Waals surface area (Å²) in [5.74, 6) is -0.771. The van der Waals surface area contributed by atoms with E-state index in [1.54, 1.807) is 0 Å². The summed E-state index contributed by atoms with van der Waals surface area (Å²) >= 11 is 0. The minimum Gasteiger partial charge on any atom is -0.466 e. The van der Waals surface area contributed by atoms with Crippen LogP contribution in [0, 0.1) is 5.92 Å². The quantitative estimate of drug-likeness (QED) is 0.293. The molecule has 0 aromatic heterocycles. The molecule has 0 spiro atoms. The van der Waals surface area contributed by atoms with Crippen LogP contribution in [-0.4, -0.2) is 36.4 Å². The molecule has 0 radical (unpaired) electrons. The van der Waals surface area contributed by atoms with Gasteiger partial charge >= 0.3 is 11.9 Å². The number of carbonyl (C=O) groups excluding carboxylic acids is 2. The second-order valence-electron chi connectivity index (χ2n) is 6.98. The SMILES string of the molecule is CCCCOC(=O)CCCCCCCC(C(=O)OCCCC)C(O)CC. The van der Waals surface area contributed by atoms with Crippen LogP contribution in [0.1, 0.15) is 97.8 Å². The first kappa shape index (κ1) is 24.9. The molecule has 0 aliphatic heterocycles. The van der Waals surface area contributed by atoms with Crippen molar-refractivity contribution in [3.05, 3.63) is 0 Å². The molecule has 0 rings (SSSR count). The van der Waals surface area contributed by atoms with E-state index in [1.807, 2.05) is 6.92 Å². The molecule has 154 valence electrons. The molecule has 0 fully saturated rings. The number of esters is 2. The van der Waals surface area contributed by atoms with E-state index in [-0.39, 0.29) is 11.9 Å². The zero-order valence-electron chi connectivity index (χ0n) is 17.1. The molecule has 0 bridgehead atoms. The van der Waals surface area contributed by atoms with E-state index in [9.17, 15) is 14.7 Å². The summed E-state index contributed by atoms with van der Waals surface area (Å²) in [6.07, 6.45) is 9.68. The molecule has 0 aromatic rings. The van der Waals surface area contributed by atoms with Gasteiger partial charge in [-0.15, -0.1) is 0 Å². The number of hydrogen-bond acceptors (Lipinski definition) is 5. The predicted molar refractivity (Wildman–Crippen MR) is 104 cm³/mol. The standard InChI is InChI=1S/C21H40O5/c1-4-7-16-25-20(23)15-13-11-9-10-12-14-18(19(22)6-3)21(24)26-17-8-5-2/h18-19,22H,4-17H2,1-3H3. The smallest absolute Gasteiger partial charge is 0.311 e. The lowest BCUT2D eigenvalue weighted by atomic mass is 9.93. The fourth-order valence-corrected chi connectivity index (χ4v) is 2.74. The van der Waals surface area contributed by atoms with Crippen molar-refractivity contribution in [3.63, 3.8) is 0 Å². The van der Waals surface area contributed by atoms with Crippen LogP contribution in [-0.2, 0) is 19.1 Å². The molecule has 0 aromatic carbocycles. The lowest BCUT2D eigenvalue weighted by Crippen LogP contribution is -2.29. The fourth-order valence-electron chi connectivity index (χ4n) is 2.74. The van der Waals surface area contributed by atoms with Crippen LogP contribution in [0.5, 0.6) is 0 Å². The van der Waals surface area contributed by atoms with E-state index >= 15 is 0 Å². The summed E-state index contributed by atoms with van der Waals surface area (Å²) in [5.41, 5.74) is 0. The second kappa shape index (κ2) is 17.3. The average Bonchev–Trinajstić information content (AvgIpc) is 2.63. The first-order chi connectivity index (χ1) is 12.6. The molecular weight excluding hydrogens is 332 g/mol. The Hall–Kier alpha value is -1.10. The Morgan fingerprint density at radius 3 is 2.00 bits per heavy atom. The zero-order chi connectivity index (χ0) is 19.6. The van der Waals surface area contributed by atoms with Gasteiger partial charge in [-0.05, 0) is 32.1 Å². The molecule has 0 saturated heterocycles. The number of rotatable bonds is 17. The average molecular weight is 373 g/mol. The highest BCUT2D eigenvalue weighted by Crippen LogP contribution is 2.19. The number of unbranched alkanes of at least 4 members (excludes halogenated alkanes) is 6. The lowest BCUT2D eigenvalue weighted by Gasteiger charge is -2.20. The molecule has 1 N–H and O–H groups in total. The summed E-state index contributed by atoms with van der Waals surface area (Å²) < 4.78 is 10.4. The van der Waals surface area contributed by atoms with Gasteiger partial charge in [0, 0.05) is 6.42 Å². The highest BCUT2D eigenvalue weighted by Gasteiger charge is 2.26. The third-order valence-electron chi connectivity index (χ3n) is 4.58. The minimum absolute atomic E-state index is 0.0978. The zero-order valence-corrected chi connectivity index (χ0v) is 17.1. The number of aliphatic hydroxyl groups excluding tert-OH is 1. The maximum Gasteiger partial charge on any atom is 0.311 e. The van der Waals surface area contributed by atoms with Crippen LogP contribution in [0.25, 0.3) is 0 Å². The van der Waals surface area contributed by atoms with Gasteiger partial charge in [-0.3, -0.25) is 9.59 Å². The monoisotopic (exact) mass is 372 g/mol. The molecule has 5 nitrogen and oxygen atoms in total. The van der Waals surface area contributed by atoms with E-state index in [2.05, 4.69) is 13.8 Å². The van der Waals surface area contributed by atoms with Crippen molar-refractivity contribution in [3.8, 4) is 0 Å². The topological polar surface area (TPSA) is 72.8 Å². The Morgan fingerprint density at radius 2 is 1.38 bits per heavy atom. The summed E-state index contributed by atoms with van der Waals surface area (Å²) in [6.45, 7) is 6.98. The van der Waals surface area contributed by atoms with Crippen LogP contribution in [0.15, 0.2) is 0 Å². The number of hydrogen-bond donors (Lipinski definition) is 1. The molecular formula is C21H40O5. The molecule has 26 heavy (non-hydrogen) atoms. The molecule has 0 amide bonds. The van der Waals surface area contributed by atoms with E-state index in [0.29, 0.717) is 32.5 Å². The molecule has 2 unspecified atom stereocenters. The van der Waals surface area contributed by atoms with Gasteiger partial charge in [-0.1, -0.05) is 59.3 Å². The first-order valence-electron chi connectivity index (χ1n) is 10.6. The Kier molecular flexibility index (Phi) is 16.6. The van der Waals surface area contributed by atoms with E-state index in [0.717, 1.165) is 57.8 Å². The third kappa shape index (κ3) is 13.2. The van der Waals surface area contributed by atoms with Gasteiger partial charge in [-0.2, -0.15) is 0 Å². The Bertz CT molecular complexity index is 356. The van der Waals surface area contributed by atoms with Crippen LogP contribution in [0.2, 0.25) is 0 Å². The van der Waals surface area contributed by atoms with E-state index in [4.69, 9.17) is 9.47 Å². The first-order valence-corrected chi connectivity index (χ1v) is 10.6. The van der Waals surface area contributed by atoms with Crippen LogP contribution >= 0.6 is 0 Å². The maximum atomic E-state index is 12.1. The maximum absolute atomic E-state index is 12.1. The molecule has 5 heteroatoms. The molecule has 0 aliphatic carbocycles. The largest absolute Gasteiger partial charge is 0.466 e. The van der Waals surface area contributed by atoms with Crippen LogP contribution in [0.3, 0.4) is 0 Å². The highest BCUT2D eigenvalue weighted by atomic mass is 16.5. The lowest BCUT2D eigenvalue weighted by molar-refractivity contribution is -0.153. The minimum atomic E-state index is -0.623. The van der Waals surface area contributed by atoms with Crippen LogP contribution in [0.4, 0.5) is 0 Å². The number of aliphatic hydroxyl groups is 1. The Balaban J connectivity index is 3.84. The normalized spacial score (nSPS) is 13.2. The van der Waals surface area contributed by atoms with Crippen molar-refractivity contribution in [1.29, 1.82) is 0 Å². The van der Waals surface area contributed by atoms with E-state index in [1.165, 1.54) is 0 Å². The van der Waals surface area contributed by atoms with Crippen molar-refractivity contribution in [2.45, 2.75) is 104 Å². The van der Waals surface area contributed by atoms with Crippen molar-refractivity contribution in [1.82, 2.24) is 0 Å². The number of carbonyl (C=O) groups is 2. The predicted octanol–water partition coefficient (Wildman–Crippen LogP) is 4.79. The Morgan fingerprint density at radius 1 is 0.808 bits per heavy atom. The van der Waals surface area contributed by atoms with Crippen molar-refractivity contribution in [2.24, 2.45) is 5.92 Å². The van der Waals surface area contributed by atoms with Crippen molar-refractivity contribution < 1.29 is 24.2 Å². The van der Waals surface area contributed by atoms with Crippen molar-refractivity contribution in [2.75, 3.05) is 13.2 Å². The molecule has 0 aliphatic rings. The summed E-state index contributed by atoms with van der Waals surface area (Å²) in [5, 5.41) is 10.1.